The molecule has 8 heteroatoms. The Bertz CT molecular complexity index is 758. The fraction of sp³-hybridized carbons (Fsp3) is 0.357. The zero-order chi connectivity index (χ0) is 15.9. The van der Waals surface area contributed by atoms with Crippen LogP contribution in [0.3, 0.4) is 0 Å². The molecule has 116 valence electrons. The van der Waals surface area contributed by atoms with Crippen molar-refractivity contribution in [1.82, 2.24) is 15.2 Å². The smallest absolute Gasteiger partial charge is 0.407 e. The Morgan fingerprint density at radius 2 is 2.27 bits per heavy atom. The van der Waals surface area contributed by atoms with Crippen molar-refractivity contribution in [3.63, 3.8) is 0 Å². The van der Waals surface area contributed by atoms with Crippen molar-refractivity contribution in [1.29, 1.82) is 0 Å². The summed E-state index contributed by atoms with van der Waals surface area (Å²) in [5.74, 6) is 0.0609. The highest BCUT2D eigenvalue weighted by Gasteiger charge is 2.34. The van der Waals surface area contributed by atoms with Crippen molar-refractivity contribution < 1.29 is 19.1 Å². The van der Waals surface area contributed by atoms with Gasteiger partial charge >= 0.3 is 6.09 Å². The van der Waals surface area contributed by atoms with Crippen molar-refractivity contribution >= 4 is 39.0 Å². The highest BCUT2D eigenvalue weighted by Crippen LogP contribution is 2.34. The summed E-state index contributed by atoms with van der Waals surface area (Å²) in [4.78, 5) is 28.9. The van der Waals surface area contributed by atoms with Gasteiger partial charge in [0.25, 0.3) is 5.91 Å². The number of oxazole rings is 1. The number of halogens is 1. The van der Waals surface area contributed by atoms with Gasteiger partial charge in [0.15, 0.2) is 5.58 Å². The van der Waals surface area contributed by atoms with Crippen molar-refractivity contribution in [3.8, 4) is 0 Å². The number of likely N-dealkylation sites (tertiary alicyclic amines) is 1. The summed E-state index contributed by atoms with van der Waals surface area (Å²) in [6.45, 7) is 0.463. The molecule has 0 unspecified atom stereocenters. The van der Waals surface area contributed by atoms with Gasteiger partial charge in [-0.15, -0.1) is 0 Å². The van der Waals surface area contributed by atoms with E-state index in [0.717, 1.165) is 6.42 Å². The molecule has 22 heavy (non-hydrogen) atoms. The van der Waals surface area contributed by atoms with Crippen LogP contribution < -0.4 is 5.32 Å². The third-order valence-corrected chi connectivity index (χ3v) is 4.19. The number of hydrogen-bond acceptors (Lipinski definition) is 4. The van der Waals surface area contributed by atoms with Crippen molar-refractivity contribution in [2.24, 2.45) is 0 Å². The van der Waals surface area contributed by atoms with Crippen LogP contribution in [0.1, 0.15) is 35.1 Å². The molecule has 7 nitrogen and oxygen atoms in total. The van der Waals surface area contributed by atoms with E-state index in [2.05, 4.69) is 26.2 Å². The van der Waals surface area contributed by atoms with E-state index in [1.54, 1.807) is 19.2 Å². The number of hydrogen-bond donors (Lipinski definition) is 2. The van der Waals surface area contributed by atoms with Crippen molar-refractivity contribution in [2.45, 2.75) is 18.9 Å². The number of nitrogens with zero attached hydrogens (tertiary/aromatic N) is 2. The van der Waals surface area contributed by atoms with Gasteiger partial charge in [0.05, 0.1) is 5.56 Å². The maximum absolute atomic E-state index is 12.0. The lowest BCUT2D eigenvalue weighted by atomic mass is 10.2. The monoisotopic (exact) mass is 367 g/mol. The molecule has 0 radical (unpaired) electrons. The van der Waals surface area contributed by atoms with Gasteiger partial charge in [-0.05, 0) is 25.0 Å². The average molecular weight is 368 g/mol. The molecule has 0 aliphatic carbocycles. The van der Waals surface area contributed by atoms with Gasteiger partial charge in [0.2, 0.25) is 5.89 Å². The number of amides is 2. The Hall–Kier alpha value is -2.09. The van der Waals surface area contributed by atoms with Crippen LogP contribution in [-0.4, -0.2) is 40.6 Å². The molecule has 1 aromatic heterocycles. The first kappa shape index (κ1) is 14.8. The molecule has 2 heterocycles. The van der Waals surface area contributed by atoms with Gasteiger partial charge < -0.3 is 14.8 Å². The van der Waals surface area contributed by atoms with E-state index in [9.17, 15) is 14.7 Å². The number of rotatable bonds is 2. The Morgan fingerprint density at radius 1 is 1.50 bits per heavy atom. The molecule has 2 N–H and O–H groups in total. The molecular weight excluding hydrogens is 354 g/mol. The first-order valence-corrected chi connectivity index (χ1v) is 7.62. The number of carbonyl (C=O) groups is 2. The Morgan fingerprint density at radius 3 is 2.95 bits per heavy atom. The summed E-state index contributed by atoms with van der Waals surface area (Å²) in [5, 5.41) is 11.8. The summed E-state index contributed by atoms with van der Waals surface area (Å²) in [6.07, 6.45) is 0.439. The summed E-state index contributed by atoms with van der Waals surface area (Å²) in [5.41, 5.74) is 1.29. The molecule has 0 spiro atoms. The van der Waals surface area contributed by atoms with E-state index in [0.29, 0.717) is 40.0 Å². The van der Waals surface area contributed by atoms with Gasteiger partial charge in [-0.3, -0.25) is 9.69 Å². The van der Waals surface area contributed by atoms with E-state index in [4.69, 9.17) is 4.42 Å². The van der Waals surface area contributed by atoms with E-state index >= 15 is 0 Å². The Labute approximate surface area is 134 Å². The van der Waals surface area contributed by atoms with Crippen molar-refractivity contribution in [3.05, 3.63) is 28.1 Å². The minimum Gasteiger partial charge on any atom is -0.465 e. The van der Waals surface area contributed by atoms with Gasteiger partial charge in [0, 0.05) is 18.1 Å². The summed E-state index contributed by atoms with van der Waals surface area (Å²) in [6, 6.07) is 2.98. The summed E-state index contributed by atoms with van der Waals surface area (Å²) >= 11 is 3.34. The molecule has 1 saturated heterocycles. The molecule has 1 fully saturated rings. The molecule has 1 aromatic carbocycles. The van der Waals surface area contributed by atoms with Crippen LogP contribution in [0, 0.1) is 0 Å². The van der Waals surface area contributed by atoms with Crippen LogP contribution in [0.2, 0.25) is 0 Å². The van der Waals surface area contributed by atoms with Crippen molar-refractivity contribution in [2.75, 3.05) is 13.6 Å². The van der Waals surface area contributed by atoms with Gasteiger partial charge in [-0.25, -0.2) is 9.78 Å². The molecule has 1 atom stereocenters. The number of aromatic nitrogens is 1. The van der Waals surface area contributed by atoms with Gasteiger partial charge in [-0.2, -0.15) is 0 Å². The van der Waals surface area contributed by atoms with Crippen LogP contribution in [0.5, 0.6) is 0 Å². The average Bonchev–Trinajstić information content (AvgIpc) is 3.10. The third-order valence-electron chi connectivity index (χ3n) is 3.73. The second kappa shape index (κ2) is 5.60. The van der Waals surface area contributed by atoms with Crippen LogP contribution >= 0.6 is 15.9 Å². The van der Waals surface area contributed by atoms with Gasteiger partial charge in [-0.1, -0.05) is 15.9 Å². The second-order valence-electron chi connectivity index (χ2n) is 5.07. The minimum absolute atomic E-state index is 0.271. The number of benzene rings is 1. The fourth-order valence-electron chi connectivity index (χ4n) is 2.72. The van der Waals surface area contributed by atoms with E-state index in [1.807, 2.05) is 0 Å². The van der Waals surface area contributed by atoms with Gasteiger partial charge in [0.1, 0.15) is 11.6 Å². The molecular formula is C14H14BrN3O4. The number of nitrogens with one attached hydrogen (secondary N) is 1. The van der Waals surface area contributed by atoms with Crippen LogP contribution in [0.15, 0.2) is 21.0 Å². The lowest BCUT2D eigenvalue weighted by Gasteiger charge is -2.17. The predicted molar refractivity (Wildman–Crippen MR) is 81.8 cm³/mol. The van der Waals surface area contributed by atoms with E-state index < -0.39 is 12.1 Å². The maximum Gasteiger partial charge on any atom is 0.407 e. The lowest BCUT2D eigenvalue weighted by molar-refractivity contribution is 0.0964. The Kier molecular flexibility index (Phi) is 3.78. The predicted octanol–water partition coefficient (Wildman–Crippen LogP) is 2.76. The normalized spacial score (nSPS) is 17.9. The summed E-state index contributed by atoms with van der Waals surface area (Å²) in [7, 11) is 1.54. The molecule has 3 rings (SSSR count). The topological polar surface area (TPSA) is 95.7 Å². The zero-order valence-electron chi connectivity index (χ0n) is 11.8. The highest BCUT2D eigenvalue weighted by atomic mass is 79.9. The zero-order valence-corrected chi connectivity index (χ0v) is 13.4. The summed E-state index contributed by atoms with van der Waals surface area (Å²) < 4.78 is 6.42. The molecule has 2 aromatic rings. The third kappa shape index (κ3) is 2.43. The molecule has 2 amide bonds. The van der Waals surface area contributed by atoms with Crippen LogP contribution in [0.4, 0.5) is 4.79 Å². The highest BCUT2D eigenvalue weighted by molar-refractivity contribution is 9.10. The maximum atomic E-state index is 12.0. The molecule has 0 bridgehead atoms. The number of carboxylic acid groups (broad SMARTS) is 1. The quantitative estimate of drug-likeness (QED) is 0.850. The van der Waals surface area contributed by atoms with E-state index in [1.165, 1.54) is 4.90 Å². The van der Waals surface area contributed by atoms with Crippen LogP contribution in [0.25, 0.3) is 11.1 Å². The Balaban J connectivity index is 2.10. The number of carbonyl (C=O) groups excluding carboxylic acids is 1. The molecule has 0 saturated carbocycles. The first-order chi connectivity index (χ1) is 10.5. The largest absolute Gasteiger partial charge is 0.465 e. The molecule has 1 aliphatic heterocycles. The second-order valence-corrected chi connectivity index (χ2v) is 5.98. The SMILES string of the molecule is CNC(=O)c1cc(Br)cc2oc([C@@H]3CCCN3C(=O)O)nc12. The van der Waals surface area contributed by atoms with E-state index in [-0.39, 0.29) is 5.91 Å². The lowest BCUT2D eigenvalue weighted by Crippen LogP contribution is -2.28. The number of fused-ring (bicyclic) bond motifs is 1. The first-order valence-electron chi connectivity index (χ1n) is 6.83. The fourth-order valence-corrected chi connectivity index (χ4v) is 3.15. The molecule has 1 aliphatic rings. The van der Waals surface area contributed by atoms with Crippen LogP contribution in [-0.2, 0) is 0 Å². The standard InChI is InChI=1S/C14H14BrN3O4/c1-16-12(19)8-5-7(15)6-10-11(8)17-13(22-10)9-3-2-4-18(9)14(20)21/h5-6,9H,2-4H2,1H3,(H,16,19)(H,20,21)/t9-/m0/s1. The minimum atomic E-state index is -0.988.